The van der Waals surface area contributed by atoms with Gasteiger partial charge in [0.05, 0.1) is 21.5 Å². The fourth-order valence-corrected chi connectivity index (χ4v) is 3.84. The molecule has 0 spiro atoms. The SMILES string of the molecule is CNC(=O)NC(=O)CSc1nnc(-c2ccc(Cl)cc2Cl)n1-c1ccc(F)c(Cl)c1. The number of nitrogens with zero attached hydrogens (tertiary/aromatic N) is 3. The second kappa shape index (κ2) is 9.65. The molecule has 12 heteroatoms. The first-order valence-electron chi connectivity index (χ1n) is 8.30. The van der Waals surface area contributed by atoms with E-state index in [2.05, 4.69) is 20.8 Å². The van der Waals surface area contributed by atoms with Crippen molar-refractivity contribution in [2.45, 2.75) is 5.16 Å². The van der Waals surface area contributed by atoms with Crippen LogP contribution in [0.5, 0.6) is 0 Å². The number of carbonyl (C=O) groups excluding carboxylic acids is 2. The number of hydrogen-bond donors (Lipinski definition) is 2. The van der Waals surface area contributed by atoms with Crippen LogP contribution in [0.15, 0.2) is 41.6 Å². The normalized spacial score (nSPS) is 10.7. The number of halogens is 4. The fourth-order valence-electron chi connectivity index (χ4n) is 2.42. The summed E-state index contributed by atoms with van der Waals surface area (Å²) in [5, 5.41) is 13.7. The van der Waals surface area contributed by atoms with Gasteiger partial charge in [-0.25, -0.2) is 9.18 Å². The van der Waals surface area contributed by atoms with Crippen LogP contribution >= 0.6 is 46.6 Å². The minimum Gasteiger partial charge on any atom is -0.341 e. The molecule has 0 unspecified atom stereocenters. The molecule has 0 bridgehead atoms. The van der Waals surface area contributed by atoms with E-state index in [-0.39, 0.29) is 10.8 Å². The molecule has 0 fully saturated rings. The van der Waals surface area contributed by atoms with Crippen LogP contribution in [0.1, 0.15) is 0 Å². The number of rotatable bonds is 5. The van der Waals surface area contributed by atoms with Crippen LogP contribution in [0.2, 0.25) is 15.1 Å². The van der Waals surface area contributed by atoms with Gasteiger partial charge in [0.1, 0.15) is 5.82 Å². The van der Waals surface area contributed by atoms with Gasteiger partial charge in [-0.3, -0.25) is 14.7 Å². The van der Waals surface area contributed by atoms with Crippen molar-refractivity contribution >= 4 is 58.5 Å². The zero-order chi connectivity index (χ0) is 21.8. The van der Waals surface area contributed by atoms with Crippen molar-refractivity contribution in [3.05, 3.63) is 57.3 Å². The van der Waals surface area contributed by atoms with Crippen molar-refractivity contribution in [3.8, 4) is 17.1 Å². The highest BCUT2D eigenvalue weighted by molar-refractivity contribution is 7.99. The third kappa shape index (κ3) is 5.04. The molecule has 0 atom stereocenters. The fraction of sp³-hybridized carbons (Fsp3) is 0.111. The van der Waals surface area contributed by atoms with Gasteiger partial charge in [-0.2, -0.15) is 0 Å². The number of benzene rings is 2. The van der Waals surface area contributed by atoms with Crippen LogP contribution in [0, 0.1) is 5.82 Å². The Kier molecular flexibility index (Phi) is 7.19. The Morgan fingerprint density at radius 1 is 1.10 bits per heavy atom. The van der Waals surface area contributed by atoms with Gasteiger partial charge in [-0.05, 0) is 36.4 Å². The molecule has 3 aromatic rings. The summed E-state index contributed by atoms with van der Waals surface area (Å²) in [6, 6.07) is 8.35. The molecule has 1 heterocycles. The number of amides is 3. The van der Waals surface area contributed by atoms with Gasteiger partial charge < -0.3 is 5.32 Å². The van der Waals surface area contributed by atoms with E-state index in [9.17, 15) is 14.0 Å². The lowest BCUT2D eigenvalue weighted by Gasteiger charge is -2.12. The zero-order valence-electron chi connectivity index (χ0n) is 15.2. The summed E-state index contributed by atoms with van der Waals surface area (Å²) < 4.78 is 15.3. The summed E-state index contributed by atoms with van der Waals surface area (Å²) in [6.45, 7) is 0. The highest BCUT2D eigenvalue weighted by Gasteiger charge is 2.20. The maximum Gasteiger partial charge on any atom is 0.321 e. The Hall–Kier alpha value is -2.33. The third-order valence-electron chi connectivity index (χ3n) is 3.78. The molecule has 0 aliphatic rings. The van der Waals surface area contributed by atoms with Gasteiger partial charge in [0.2, 0.25) is 5.91 Å². The predicted octanol–water partition coefficient (Wildman–Crippen LogP) is 4.58. The van der Waals surface area contributed by atoms with Gasteiger partial charge in [-0.15, -0.1) is 10.2 Å². The standard InChI is InChI=1S/C18H13Cl3FN5O2S/c1-23-17(29)24-15(28)8-30-18-26-25-16(11-4-2-9(19)6-12(11)20)27(18)10-3-5-14(22)13(21)7-10/h2-7H,8H2,1H3,(H2,23,24,28,29). The largest absolute Gasteiger partial charge is 0.341 e. The second-order valence-corrected chi connectivity index (χ2v) is 7.97. The van der Waals surface area contributed by atoms with E-state index in [1.807, 2.05) is 0 Å². The number of carbonyl (C=O) groups is 2. The summed E-state index contributed by atoms with van der Waals surface area (Å²) in [5.74, 6) is -0.890. The Balaban J connectivity index is 2.02. The van der Waals surface area contributed by atoms with Crippen molar-refractivity contribution in [1.82, 2.24) is 25.4 Å². The molecule has 0 saturated heterocycles. The summed E-state index contributed by atoms with van der Waals surface area (Å²) in [7, 11) is 1.40. The van der Waals surface area contributed by atoms with Crippen molar-refractivity contribution in [1.29, 1.82) is 0 Å². The first kappa shape index (κ1) is 22.4. The Morgan fingerprint density at radius 3 is 2.53 bits per heavy atom. The summed E-state index contributed by atoms with van der Waals surface area (Å²) in [4.78, 5) is 23.2. The lowest BCUT2D eigenvalue weighted by Crippen LogP contribution is -2.38. The minimum atomic E-state index is -0.624. The Bertz CT molecular complexity index is 1130. The maximum atomic E-state index is 13.7. The monoisotopic (exact) mass is 487 g/mol. The van der Waals surface area contributed by atoms with Crippen LogP contribution in [0.4, 0.5) is 9.18 Å². The second-order valence-electron chi connectivity index (χ2n) is 5.78. The number of hydrogen-bond acceptors (Lipinski definition) is 5. The minimum absolute atomic E-state index is 0.0948. The molecule has 2 N–H and O–H groups in total. The first-order chi connectivity index (χ1) is 14.3. The molecular weight excluding hydrogens is 476 g/mol. The van der Waals surface area contributed by atoms with E-state index in [1.165, 1.54) is 25.2 Å². The molecule has 0 aliphatic heterocycles. The smallest absolute Gasteiger partial charge is 0.321 e. The van der Waals surface area contributed by atoms with Gasteiger partial charge in [0.15, 0.2) is 11.0 Å². The average Bonchev–Trinajstić information content (AvgIpc) is 3.12. The zero-order valence-corrected chi connectivity index (χ0v) is 18.3. The Labute approximate surface area is 189 Å². The van der Waals surface area contributed by atoms with Crippen LogP contribution in [-0.2, 0) is 4.79 Å². The van der Waals surface area contributed by atoms with Crippen molar-refractivity contribution in [2.75, 3.05) is 12.8 Å². The van der Waals surface area contributed by atoms with Crippen LogP contribution < -0.4 is 10.6 Å². The van der Waals surface area contributed by atoms with Crippen molar-refractivity contribution < 1.29 is 14.0 Å². The van der Waals surface area contributed by atoms with Crippen molar-refractivity contribution in [2.24, 2.45) is 0 Å². The number of nitrogens with one attached hydrogen (secondary N) is 2. The van der Waals surface area contributed by atoms with E-state index >= 15 is 0 Å². The quantitative estimate of drug-likeness (QED) is 0.513. The maximum absolute atomic E-state index is 13.7. The van der Waals surface area contributed by atoms with E-state index < -0.39 is 17.8 Å². The molecule has 3 amide bonds. The van der Waals surface area contributed by atoms with Crippen LogP contribution in [-0.4, -0.2) is 39.5 Å². The number of imide groups is 1. The van der Waals surface area contributed by atoms with E-state index in [0.29, 0.717) is 32.3 Å². The number of thioether (sulfide) groups is 1. The third-order valence-corrected chi connectivity index (χ3v) is 5.55. The lowest BCUT2D eigenvalue weighted by molar-refractivity contribution is -0.117. The summed E-state index contributed by atoms with van der Waals surface area (Å²) in [5.41, 5.74) is 0.984. The first-order valence-corrected chi connectivity index (χ1v) is 10.4. The molecule has 156 valence electrons. The van der Waals surface area contributed by atoms with E-state index in [1.54, 1.807) is 22.8 Å². The molecule has 3 rings (SSSR count). The molecule has 0 saturated carbocycles. The molecule has 0 radical (unpaired) electrons. The van der Waals surface area contributed by atoms with Crippen molar-refractivity contribution in [3.63, 3.8) is 0 Å². The van der Waals surface area contributed by atoms with Gasteiger partial charge in [-0.1, -0.05) is 46.6 Å². The summed E-state index contributed by atoms with van der Waals surface area (Å²) in [6.07, 6.45) is 0. The number of urea groups is 1. The highest BCUT2D eigenvalue weighted by Crippen LogP contribution is 2.34. The van der Waals surface area contributed by atoms with Gasteiger partial charge in [0.25, 0.3) is 0 Å². The van der Waals surface area contributed by atoms with Crippen LogP contribution in [0.3, 0.4) is 0 Å². The van der Waals surface area contributed by atoms with E-state index in [4.69, 9.17) is 34.8 Å². The van der Waals surface area contributed by atoms with Crippen LogP contribution in [0.25, 0.3) is 17.1 Å². The topological polar surface area (TPSA) is 88.9 Å². The molecule has 30 heavy (non-hydrogen) atoms. The molecule has 0 aliphatic carbocycles. The lowest BCUT2D eigenvalue weighted by atomic mass is 10.2. The summed E-state index contributed by atoms with van der Waals surface area (Å²) >= 11 is 19.3. The highest BCUT2D eigenvalue weighted by atomic mass is 35.5. The van der Waals surface area contributed by atoms with E-state index in [0.717, 1.165) is 11.8 Å². The van der Waals surface area contributed by atoms with Gasteiger partial charge in [0, 0.05) is 17.6 Å². The molecule has 7 nitrogen and oxygen atoms in total. The molecule has 2 aromatic carbocycles. The average molecular weight is 489 g/mol. The Morgan fingerprint density at radius 2 is 1.87 bits per heavy atom. The van der Waals surface area contributed by atoms with Gasteiger partial charge >= 0.3 is 6.03 Å². The molecular formula is C18H13Cl3FN5O2S. The predicted molar refractivity (Wildman–Crippen MR) is 115 cm³/mol. The molecule has 1 aromatic heterocycles. The number of aromatic nitrogens is 3.